The molecule has 0 unspecified atom stereocenters. The summed E-state index contributed by atoms with van der Waals surface area (Å²) in [6.07, 6.45) is 1.48. The first-order valence-corrected chi connectivity index (χ1v) is 6.78. The number of hydrogen-bond acceptors (Lipinski definition) is 3. The van der Waals surface area contributed by atoms with Gasteiger partial charge in [-0.15, -0.1) is 0 Å². The Morgan fingerprint density at radius 1 is 1.19 bits per heavy atom. The molecule has 0 atom stereocenters. The molecule has 0 saturated carbocycles. The Kier molecular flexibility index (Phi) is 4.26. The third-order valence-corrected chi connectivity index (χ3v) is 3.17. The van der Waals surface area contributed by atoms with E-state index < -0.39 is 5.97 Å². The highest BCUT2D eigenvalue weighted by Crippen LogP contribution is 2.24. The maximum absolute atomic E-state index is 10.9. The molecule has 0 aliphatic carbocycles. The zero-order chi connectivity index (χ0) is 15.5. The summed E-state index contributed by atoms with van der Waals surface area (Å²) in [5.74, 6) is -0.275. The highest BCUT2D eigenvalue weighted by molar-refractivity contribution is 5.85. The van der Waals surface area contributed by atoms with E-state index in [9.17, 15) is 4.79 Å². The Morgan fingerprint density at radius 2 is 1.86 bits per heavy atom. The average molecular weight is 285 g/mol. The van der Waals surface area contributed by atoms with Gasteiger partial charge in [-0.25, -0.2) is 9.78 Å². The summed E-state index contributed by atoms with van der Waals surface area (Å²) in [7, 11) is 0. The highest BCUT2D eigenvalue weighted by atomic mass is 16.5. The van der Waals surface area contributed by atoms with Crippen LogP contribution in [0.3, 0.4) is 0 Å². The average Bonchev–Trinajstić information content (AvgIpc) is 2.45. The van der Waals surface area contributed by atoms with E-state index in [4.69, 9.17) is 9.84 Å². The minimum atomic E-state index is -1.04. The van der Waals surface area contributed by atoms with Gasteiger partial charge in [-0.05, 0) is 40.8 Å². The Labute approximate surface area is 124 Å². The molecule has 1 aromatic carbocycles. The first-order chi connectivity index (χ1) is 9.86. The first-order valence-electron chi connectivity index (χ1n) is 6.78. The predicted octanol–water partition coefficient (Wildman–Crippen LogP) is 3.66. The van der Waals surface area contributed by atoms with Crippen LogP contribution < -0.4 is 4.74 Å². The molecule has 0 bridgehead atoms. The summed E-state index contributed by atoms with van der Waals surface area (Å²) in [6.45, 7) is 6.80. The quantitative estimate of drug-likeness (QED) is 0.931. The van der Waals surface area contributed by atoms with E-state index in [1.807, 2.05) is 24.3 Å². The molecule has 0 spiro atoms. The standard InChI is InChI=1S/C17H19NO3/c1-17(2,3)13-4-6-14(7-5-13)21-11-12-8-9-18-15(10-12)16(19)20/h4-10H,11H2,1-3H3,(H,19,20). The fraction of sp³-hybridized carbons (Fsp3) is 0.294. The minimum absolute atomic E-state index is 0.0270. The van der Waals surface area contributed by atoms with Crippen LogP contribution in [-0.4, -0.2) is 16.1 Å². The topological polar surface area (TPSA) is 59.4 Å². The number of pyridine rings is 1. The second-order valence-electron chi connectivity index (χ2n) is 5.92. The van der Waals surface area contributed by atoms with Gasteiger partial charge < -0.3 is 9.84 Å². The number of carboxylic acids is 1. The van der Waals surface area contributed by atoms with Gasteiger partial charge in [0.1, 0.15) is 18.1 Å². The molecule has 1 aromatic heterocycles. The molecular formula is C17H19NO3. The maximum Gasteiger partial charge on any atom is 0.354 e. The number of benzene rings is 1. The van der Waals surface area contributed by atoms with Crippen molar-refractivity contribution in [3.05, 3.63) is 59.4 Å². The van der Waals surface area contributed by atoms with Gasteiger partial charge in [-0.1, -0.05) is 32.9 Å². The van der Waals surface area contributed by atoms with Crippen molar-refractivity contribution >= 4 is 5.97 Å². The van der Waals surface area contributed by atoms with Crippen LogP contribution in [0.25, 0.3) is 0 Å². The zero-order valence-corrected chi connectivity index (χ0v) is 12.5. The number of ether oxygens (including phenoxy) is 1. The Morgan fingerprint density at radius 3 is 2.43 bits per heavy atom. The lowest BCUT2D eigenvalue weighted by atomic mass is 9.87. The molecule has 0 fully saturated rings. The van der Waals surface area contributed by atoms with Crippen molar-refractivity contribution in [1.82, 2.24) is 4.98 Å². The molecule has 2 aromatic rings. The summed E-state index contributed by atoms with van der Waals surface area (Å²) in [6, 6.07) is 11.2. The zero-order valence-electron chi connectivity index (χ0n) is 12.5. The van der Waals surface area contributed by atoms with Gasteiger partial charge in [0.15, 0.2) is 0 Å². The fourth-order valence-corrected chi connectivity index (χ4v) is 1.90. The number of carbonyl (C=O) groups is 1. The lowest BCUT2D eigenvalue weighted by molar-refractivity contribution is 0.0690. The molecule has 0 amide bonds. The van der Waals surface area contributed by atoms with E-state index in [0.717, 1.165) is 11.3 Å². The predicted molar refractivity (Wildman–Crippen MR) is 80.7 cm³/mol. The molecule has 0 saturated heterocycles. The Balaban J connectivity index is 2.03. The third-order valence-electron chi connectivity index (χ3n) is 3.17. The van der Waals surface area contributed by atoms with Crippen LogP contribution in [0.5, 0.6) is 5.75 Å². The van der Waals surface area contributed by atoms with Crippen LogP contribution in [0.1, 0.15) is 42.4 Å². The molecule has 2 rings (SSSR count). The van der Waals surface area contributed by atoms with Crippen molar-refractivity contribution in [1.29, 1.82) is 0 Å². The maximum atomic E-state index is 10.9. The van der Waals surface area contributed by atoms with Crippen molar-refractivity contribution in [2.45, 2.75) is 32.8 Å². The lowest BCUT2D eigenvalue weighted by Crippen LogP contribution is -2.10. The van der Waals surface area contributed by atoms with Crippen LogP contribution in [0.4, 0.5) is 0 Å². The van der Waals surface area contributed by atoms with Crippen LogP contribution in [-0.2, 0) is 12.0 Å². The molecule has 1 heterocycles. The van der Waals surface area contributed by atoms with Gasteiger partial charge in [0.2, 0.25) is 0 Å². The second-order valence-corrected chi connectivity index (χ2v) is 5.92. The van der Waals surface area contributed by atoms with Gasteiger partial charge in [-0.3, -0.25) is 0 Å². The third kappa shape index (κ3) is 4.05. The van der Waals surface area contributed by atoms with E-state index in [0.29, 0.717) is 6.61 Å². The summed E-state index contributed by atoms with van der Waals surface area (Å²) in [5, 5.41) is 8.90. The van der Waals surface area contributed by atoms with Gasteiger partial charge in [0.25, 0.3) is 0 Å². The van der Waals surface area contributed by atoms with Gasteiger partial charge in [0, 0.05) is 6.20 Å². The van der Waals surface area contributed by atoms with Gasteiger partial charge in [0.05, 0.1) is 0 Å². The smallest absolute Gasteiger partial charge is 0.354 e. The SMILES string of the molecule is CC(C)(C)c1ccc(OCc2ccnc(C(=O)O)c2)cc1. The minimum Gasteiger partial charge on any atom is -0.489 e. The summed E-state index contributed by atoms with van der Waals surface area (Å²) in [4.78, 5) is 14.6. The van der Waals surface area contributed by atoms with Gasteiger partial charge in [-0.2, -0.15) is 0 Å². The molecule has 0 radical (unpaired) electrons. The van der Waals surface area contributed by atoms with Crippen molar-refractivity contribution in [3.8, 4) is 5.75 Å². The Bertz CT molecular complexity index is 627. The van der Waals surface area contributed by atoms with E-state index in [-0.39, 0.29) is 11.1 Å². The molecule has 21 heavy (non-hydrogen) atoms. The molecule has 1 N–H and O–H groups in total. The van der Waals surface area contributed by atoms with E-state index >= 15 is 0 Å². The number of rotatable bonds is 4. The van der Waals surface area contributed by atoms with E-state index in [2.05, 4.69) is 25.8 Å². The molecular weight excluding hydrogens is 266 g/mol. The molecule has 110 valence electrons. The second kappa shape index (κ2) is 5.95. The number of carboxylic acid groups (broad SMARTS) is 1. The summed E-state index contributed by atoms with van der Waals surface area (Å²) >= 11 is 0. The number of aromatic nitrogens is 1. The van der Waals surface area contributed by atoms with Crippen LogP contribution >= 0.6 is 0 Å². The number of hydrogen-bond donors (Lipinski definition) is 1. The lowest BCUT2D eigenvalue weighted by Gasteiger charge is -2.19. The molecule has 4 nitrogen and oxygen atoms in total. The van der Waals surface area contributed by atoms with Crippen molar-refractivity contribution < 1.29 is 14.6 Å². The van der Waals surface area contributed by atoms with Gasteiger partial charge >= 0.3 is 5.97 Å². The first kappa shape index (κ1) is 15.0. The van der Waals surface area contributed by atoms with Crippen LogP contribution in [0.2, 0.25) is 0 Å². The Hall–Kier alpha value is -2.36. The summed E-state index contributed by atoms with van der Waals surface area (Å²) in [5.41, 5.74) is 2.16. The van der Waals surface area contributed by atoms with Crippen molar-refractivity contribution in [2.75, 3.05) is 0 Å². The monoisotopic (exact) mass is 285 g/mol. The number of aromatic carboxylic acids is 1. The largest absolute Gasteiger partial charge is 0.489 e. The fourth-order valence-electron chi connectivity index (χ4n) is 1.90. The number of nitrogens with zero attached hydrogens (tertiary/aromatic N) is 1. The van der Waals surface area contributed by atoms with Crippen LogP contribution in [0.15, 0.2) is 42.6 Å². The van der Waals surface area contributed by atoms with E-state index in [1.54, 1.807) is 6.07 Å². The molecule has 0 aliphatic heterocycles. The molecule has 4 heteroatoms. The van der Waals surface area contributed by atoms with Crippen molar-refractivity contribution in [3.63, 3.8) is 0 Å². The molecule has 0 aliphatic rings. The normalized spacial score (nSPS) is 11.2. The van der Waals surface area contributed by atoms with Crippen LogP contribution in [0, 0.1) is 0 Å². The van der Waals surface area contributed by atoms with Crippen molar-refractivity contribution in [2.24, 2.45) is 0 Å². The van der Waals surface area contributed by atoms with E-state index in [1.165, 1.54) is 17.8 Å². The summed E-state index contributed by atoms with van der Waals surface area (Å²) < 4.78 is 5.67. The highest BCUT2D eigenvalue weighted by Gasteiger charge is 2.13.